The van der Waals surface area contributed by atoms with Crippen LogP contribution in [0.2, 0.25) is 0 Å². The van der Waals surface area contributed by atoms with Crippen molar-refractivity contribution in [1.29, 1.82) is 0 Å². The number of aromatic nitrogens is 4. The standard InChI is InChI=1S/C19H22N4O/c1-11(12-6-7-12)23-19-16(10-20-23)21-18(22-19)15-8-13-4-3-5-14(13)9-17(15)24-2/h8-12H,3-7H2,1-2H3,(H,21,22). The van der Waals surface area contributed by atoms with Crippen LogP contribution in [0.1, 0.15) is 43.4 Å². The lowest BCUT2D eigenvalue weighted by Gasteiger charge is -2.11. The second-order valence-corrected chi connectivity index (χ2v) is 7.16. The first kappa shape index (κ1) is 14.1. The van der Waals surface area contributed by atoms with E-state index in [2.05, 4.69) is 33.8 Å². The first-order valence-electron chi connectivity index (χ1n) is 8.88. The molecule has 0 spiro atoms. The molecular weight excluding hydrogens is 300 g/mol. The molecule has 1 N–H and O–H groups in total. The molecular formula is C19H22N4O. The van der Waals surface area contributed by atoms with Crippen LogP contribution < -0.4 is 4.74 Å². The van der Waals surface area contributed by atoms with Crippen molar-refractivity contribution < 1.29 is 4.74 Å². The summed E-state index contributed by atoms with van der Waals surface area (Å²) in [6.45, 7) is 2.24. The van der Waals surface area contributed by atoms with Gasteiger partial charge in [-0.25, -0.2) is 9.67 Å². The molecule has 5 rings (SSSR count). The van der Waals surface area contributed by atoms with Crippen molar-refractivity contribution in [2.75, 3.05) is 7.11 Å². The van der Waals surface area contributed by atoms with Gasteiger partial charge in [-0.2, -0.15) is 5.10 Å². The Kier molecular flexibility index (Phi) is 2.99. The van der Waals surface area contributed by atoms with Gasteiger partial charge < -0.3 is 9.72 Å². The average Bonchev–Trinajstić information content (AvgIpc) is 3.02. The van der Waals surface area contributed by atoms with Gasteiger partial charge in [-0.1, -0.05) is 0 Å². The number of aryl methyl sites for hydroxylation is 2. The Balaban J connectivity index is 1.62. The lowest BCUT2D eigenvalue weighted by atomic mass is 10.0. The monoisotopic (exact) mass is 322 g/mol. The number of H-pyrrole nitrogens is 1. The molecule has 1 fully saturated rings. The molecule has 0 amide bonds. The van der Waals surface area contributed by atoms with Crippen molar-refractivity contribution >= 4 is 11.2 Å². The van der Waals surface area contributed by atoms with Gasteiger partial charge in [-0.15, -0.1) is 0 Å². The van der Waals surface area contributed by atoms with E-state index < -0.39 is 0 Å². The molecule has 5 nitrogen and oxygen atoms in total. The summed E-state index contributed by atoms with van der Waals surface area (Å²) in [7, 11) is 1.74. The third kappa shape index (κ3) is 2.07. The minimum absolute atomic E-state index is 0.417. The van der Waals surface area contributed by atoms with Crippen LogP contribution in [0.25, 0.3) is 22.6 Å². The number of rotatable bonds is 4. The van der Waals surface area contributed by atoms with Gasteiger partial charge in [0.1, 0.15) is 17.1 Å². The van der Waals surface area contributed by atoms with Crippen LogP contribution in [0.15, 0.2) is 18.3 Å². The van der Waals surface area contributed by atoms with Crippen molar-refractivity contribution in [1.82, 2.24) is 19.7 Å². The highest BCUT2D eigenvalue weighted by Gasteiger charge is 2.31. The van der Waals surface area contributed by atoms with Gasteiger partial charge in [0, 0.05) is 0 Å². The van der Waals surface area contributed by atoms with E-state index in [1.807, 2.05) is 6.20 Å². The number of aromatic amines is 1. The molecule has 124 valence electrons. The first-order chi connectivity index (χ1) is 11.7. The third-order valence-electron chi connectivity index (χ3n) is 5.60. The summed E-state index contributed by atoms with van der Waals surface area (Å²) >= 11 is 0. The number of nitrogens with zero attached hydrogens (tertiary/aromatic N) is 3. The predicted octanol–water partition coefficient (Wildman–Crippen LogP) is 3.89. The maximum Gasteiger partial charge on any atom is 0.177 e. The number of imidazole rings is 1. The molecule has 2 aliphatic carbocycles. The van der Waals surface area contributed by atoms with E-state index in [9.17, 15) is 0 Å². The van der Waals surface area contributed by atoms with Crippen LogP contribution >= 0.6 is 0 Å². The van der Waals surface area contributed by atoms with Gasteiger partial charge in [0.2, 0.25) is 0 Å². The Bertz CT molecular complexity index is 919. The van der Waals surface area contributed by atoms with Gasteiger partial charge in [0.25, 0.3) is 0 Å². The maximum atomic E-state index is 5.64. The largest absolute Gasteiger partial charge is 0.496 e. The van der Waals surface area contributed by atoms with Gasteiger partial charge >= 0.3 is 0 Å². The highest BCUT2D eigenvalue weighted by Crippen LogP contribution is 2.41. The van der Waals surface area contributed by atoms with E-state index >= 15 is 0 Å². The summed E-state index contributed by atoms with van der Waals surface area (Å²) in [5, 5.41) is 4.54. The summed E-state index contributed by atoms with van der Waals surface area (Å²) in [4.78, 5) is 8.31. The lowest BCUT2D eigenvalue weighted by molar-refractivity contribution is 0.415. The second-order valence-electron chi connectivity index (χ2n) is 7.16. The summed E-state index contributed by atoms with van der Waals surface area (Å²) < 4.78 is 7.72. The molecule has 1 saturated carbocycles. The number of nitrogens with one attached hydrogen (secondary N) is 1. The van der Waals surface area contributed by atoms with Gasteiger partial charge in [0.05, 0.1) is 24.9 Å². The van der Waals surface area contributed by atoms with Crippen LogP contribution in [0.4, 0.5) is 0 Å². The molecule has 0 radical (unpaired) electrons. The Morgan fingerprint density at radius 3 is 2.79 bits per heavy atom. The topological polar surface area (TPSA) is 55.7 Å². The van der Waals surface area contributed by atoms with Crippen molar-refractivity contribution in [3.8, 4) is 17.1 Å². The summed E-state index contributed by atoms with van der Waals surface area (Å²) in [5.74, 6) is 2.54. The molecule has 3 aromatic rings. The number of hydrogen-bond acceptors (Lipinski definition) is 3. The molecule has 1 aromatic carbocycles. The fraction of sp³-hybridized carbons (Fsp3) is 0.474. The zero-order valence-electron chi connectivity index (χ0n) is 14.2. The molecule has 0 saturated heterocycles. The fourth-order valence-corrected chi connectivity index (χ4v) is 3.98. The molecule has 2 aliphatic rings. The number of benzene rings is 1. The van der Waals surface area contributed by atoms with E-state index in [1.54, 1.807) is 7.11 Å². The molecule has 2 heterocycles. The highest BCUT2D eigenvalue weighted by atomic mass is 16.5. The van der Waals surface area contributed by atoms with Crippen LogP contribution in [-0.4, -0.2) is 26.9 Å². The molecule has 5 heteroatoms. The normalized spacial score (nSPS) is 18.1. The Hall–Kier alpha value is -2.30. The number of fused-ring (bicyclic) bond motifs is 2. The Morgan fingerprint density at radius 2 is 2.04 bits per heavy atom. The molecule has 0 aliphatic heterocycles. The van der Waals surface area contributed by atoms with Crippen molar-refractivity contribution in [2.24, 2.45) is 5.92 Å². The zero-order valence-corrected chi connectivity index (χ0v) is 14.2. The summed E-state index contributed by atoms with van der Waals surface area (Å²) in [6, 6.07) is 4.85. The minimum Gasteiger partial charge on any atom is -0.496 e. The quantitative estimate of drug-likeness (QED) is 0.792. The minimum atomic E-state index is 0.417. The smallest absolute Gasteiger partial charge is 0.177 e. The Morgan fingerprint density at radius 1 is 1.25 bits per heavy atom. The SMILES string of the molecule is COc1cc2c(cc1-c1nc3c(cnn3C(C)C3CC3)[nH]1)CCC2. The van der Waals surface area contributed by atoms with Gasteiger partial charge in [-0.05, 0) is 68.2 Å². The summed E-state index contributed by atoms with van der Waals surface area (Å²) in [6.07, 6.45) is 8.04. The van der Waals surface area contributed by atoms with Crippen molar-refractivity contribution in [3.05, 3.63) is 29.5 Å². The van der Waals surface area contributed by atoms with Gasteiger partial charge in [0.15, 0.2) is 5.65 Å². The molecule has 24 heavy (non-hydrogen) atoms. The maximum absolute atomic E-state index is 5.64. The van der Waals surface area contributed by atoms with Crippen LogP contribution in [0.5, 0.6) is 5.75 Å². The predicted molar refractivity (Wildman–Crippen MR) is 93.3 cm³/mol. The number of methoxy groups -OCH3 is 1. The number of ether oxygens (including phenoxy) is 1. The first-order valence-corrected chi connectivity index (χ1v) is 8.88. The van der Waals surface area contributed by atoms with Crippen LogP contribution in [0, 0.1) is 5.92 Å². The third-order valence-corrected chi connectivity index (χ3v) is 5.60. The van der Waals surface area contributed by atoms with Crippen molar-refractivity contribution in [2.45, 2.75) is 45.1 Å². The van der Waals surface area contributed by atoms with E-state index in [-0.39, 0.29) is 0 Å². The lowest BCUT2D eigenvalue weighted by Crippen LogP contribution is -2.08. The molecule has 1 unspecified atom stereocenters. The summed E-state index contributed by atoms with van der Waals surface area (Å²) in [5.41, 5.74) is 5.85. The van der Waals surface area contributed by atoms with E-state index in [1.165, 1.54) is 30.4 Å². The molecule has 0 bridgehead atoms. The highest BCUT2D eigenvalue weighted by molar-refractivity contribution is 5.78. The van der Waals surface area contributed by atoms with E-state index in [4.69, 9.17) is 9.72 Å². The Labute approximate surface area is 141 Å². The van der Waals surface area contributed by atoms with E-state index in [0.29, 0.717) is 6.04 Å². The van der Waals surface area contributed by atoms with Crippen LogP contribution in [0.3, 0.4) is 0 Å². The van der Waals surface area contributed by atoms with Gasteiger partial charge in [-0.3, -0.25) is 0 Å². The molecule has 2 aromatic heterocycles. The fourth-order valence-electron chi connectivity index (χ4n) is 3.98. The number of hydrogen-bond donors (Lipinski definition) is 1. The average molecular weight is 322 g/mol. The van der Waals surface area contributed by atoms with E-state index in [0.717, 1.165) is 47.1 Å². The second kappa shape index (κ2) is 5.10. The molecule has 1 atom stereocenters. The van der Waals surface area contributed by atoms with Crippen molar-refractivity contribution in [3.63, 3.8) is 0 Å². The van der Waals surface area contributed by atoms with Crippen LogP contribution in [-0.2, 0) is 12.8 Å². The zero-order chi connectivity index (χ0) is 16.3.